The van der Waals surface area contributed by atoms with Crippen LogP contribution in [0.2, 0.25) is 0 Å². The molecule has 1 aromatic rings. The molecule has 0 saturated carbocycles. The van der Waals surface area contributed by atoms with E-state index in [0.717, 1.165) is 29.6 Å². The van der Waals surface area contributed by atoms with E-state index in [9.17, 15) is 4.79 Å². The summed E-state index contributed by atoms with van der Waals surface area (Å²) in [7, 11) is 1.68. The van der Waals surface area contributed by atoms with Crippen LogP contribution in [-0.4, -0.2) is 30.2 Å². The highest BCUT2D eigenvalue weighted by Crippen LogP contribution is 2.38. The van der Waals surface area contributed by atoms with Gasteiger partial charge in [0.25, 0.3) is 5.91 Å². The Labute approximate surface area is 142 Å². The summed E-state index contributed by atoms with van der Waals surface area (Å²) in [5.41, 5.74) is 2.26. The molecule has 0 aliphatic carbocycles. The summed E-state index contributed by atoms with van der Waals surface area (Å²) >= 11 is 0. The Bertz CT molecular complexity index is 769. The number of para-hydroxylation sites is 2. The van der Waals surface area contributed by atoms with Crippen LogP contribution in [0.25, 0.3) is 0 Å². The SMILES string of the molecule is CCN1/C(=C\C=C2\C(=O)N(C)N=C2C(C)(C)C)Oc2ccccc21. The highest BCUT2D eigenvalue weighted by atomic mass is 16.5. The minimum Gasteiger partial charge on any atom is -0.439 e. The Kier molecular flexibility index (Phi) is 3.95. The van der Waals surface area contributed by atoms with Crippen LogP contribution in [-0.2, 0) is 4.79 Å². The number of anilines is 1. The molecule has 5 heteroatoms. The van der Waals surface area contributed by atoms with Crippen molar-refractivity contribution in [2.75, 3.05) is 18.5 Å². The van der Waals surface area contributed by atoms with Crippen molar-refractivity contribution < 1.29 is 9.53 Å². The highest BCUT2D eigenvalue weighted by Gasteiger charge is 2.34. The van der Waals surface area contributed by atoms with E-state index in [4.69, 9.17) is 4.74 Å². The first-order valence-electron chi connectivity index (χ1n) is 8.17. The summed E-state index contributed by atoms with van der Waals surface area (Å²) < 4.78 is 5.93. The Morgan fingerprint density at radius 2 is 1.92 bits per heavy atom. The fraction of sp³-hybridized carbons (Fsp3) is 0.368. The lowest BCUT2D eigenvalue weighted by Gasteiger charge is -2.18. The van der Waals surface area contributed by atoms with Crippen molar-refractivity contribution in [3.8, 4) is 5.75 Å². The van der Waals surface area contributed by atoms with Crippen molar-refractivity contribution in [3.05, 3.63) is 47.9 Å². The zero-order valence-corrected chi connectivity index (χ0v) is 14.8. The Hall–Kier alpha value is -2.56. The van der Waals surface area contributed by atoms with Gasteiger partial charge in [0.2, 0.25) is 5.88 Å². The Balaban J connectivity index is 1.96. The number of likely N-dealkylation sites (N-methyl/N-ethyl adjacent to an activating group) is 1. The lowest BCUT2D eigenvalue weighted by atomic mass is 9.85. The van der Waals surface area contributed by atoms with Gasteiger partial charge >= 0.3 is 0 Å². The third-order valence-corrected chi connectivity index (χ3v) is 4.09. The van der Waals surface area contributed by atoms with Gasteiger partial charge in [-0.15, -0.1) is 0 Å². The van der Waals surface area contributed by atoms with Crippen molar-refractivity contribution in [1.29, 1.82) is 0 Å². The zero-order chi connectivity index (χ0) is 17.5. The fourth-order valence-electron chi connectivity index (χ4n) is 2.89. The smallest absolute Gasteiger partial charge is 0.275 e. The molecular weight excluding hydrogens is 302 g/mol. The van der Waals surface area contributed by atoms with Crippen molar-refractivity contribution in [3.63, 3.8) is 0 Å². The summed E-state index contributed by atoms with van der Waals surface area (Å²) in [4.78, 5) is 14.5. The first kappa shape index (κ1) is 16.3. The average molecular weight is 325 g/mol. The number of benzene rings is 1. The molecule has 5 nitrogen and oxygen atoms in total. The second-order valence-electron chi connectivity index (χ2n) is 6.93. The van der Waals surface area contributed by atoms with Gasteiger partial charge in [-0.05, 0) is 31.2 Å². The molecule has 0 aromatic heterocycles. The van der Waals surface area contributed by atoms with Gasteiger partial charge in [-0.3, -0.25) is 4.79 Å². The molecule has 2 aliphatic heterocycles. The molecule has 0 spiro atoms. The number of carbonyl (C=O) groups is 1. The number of fused-ring (bicyclic) bond motifs is 1. The van der Waals surface area contributed by atoms with E-state index in [0.29, 0.717) is 5.57 Å². The number of hydrogen-bond donors (Lipinski definition) is 0. The lowest BCUT2D eigenvalue weighted by Crippen LogP contribution is -2.23. The van der Waals surface area contributed by atoms with Crippen LogP contribution in [0.5, 0.6) is 5.75 Å². The molecule has 0 radical (unpaired) electrons. The summed E-state index contributed by atoms with van der Waals surface area (Å²) in [5.74, 6) is 1.47. The van der Waals surface area contributed by atoms with Crippen molar-refractivity contribution in [2.24, 2.45) is 10.5 Å². The molecule has 0 bridgehead atoms. The summed E-state index contributed by atoms with van der Waals surface area (Å²) in [6.45, 7) is 9.03. The minimum atomic E-state index is -0.200. The molecule has 0 fully saturated rings. The van der Waals surface area contributed by atoms with Crippen LogP contribution in [0.15, 0.2) is 53.0 Å². The summed E-state index contributed by atoms with van der Waals surface area (Å²) in [5, 5.41) is 5.79. The van der Waals surface area contributed by atoms with Gasteiger partial charge in [-0.25, -0.2) is 5.01 Å². The lowest BCUT2D eigenvalue weighted by molar-refractivity contribution is -0.124. The van der Waals surface area contributed by atoms with E-state index in [2.05, 4.69) is 37.7 Å². The predicted octanol–water partition coefficient (Wildman–Crippen LogP) is 3.55. The van der Waals surface area contributed by atoms with E-state index >= 15 is 0 Å². The number of hydrogen-bond acceptors (Lipinski definition) is 4. The molecule has 3 rings (SSSR count). The average Bonchev–Trinajstić information content (AvgIpc) is 3.03. The van der Waals surface area contributed by atoms with Gasteiger partial charge in [0.1, 0.15) is 0 Å². The van der Waals surface area contributed by atoms with E-state index in [1.807, 2.05) is 36.4 Å². The standard InChI is InChI=1S/C19H23N3O2/c1-6-22-14-9-7-8-10-15(14)24-16(22)12-11-13-17(19(2,3)4)20-21(5)18(13)23/h7-12H,6H2,1-5H3/b13-11+,16-12+. The van der Waals surface area contributed by atoms with E-state index in [-0.39, 0.29) is 11.3 Å². The van der Waals surface area contributed by atoms with Crippen LogP contribution in [0.4, 0.5) is 5.69 Å². The maximum absolute atomic E-state index is 12.4. The molecule has 1 aromatic carbocycles. The van der Waals surface area contributed by atoms with Gasteiger partial charge < -0.3 is 9.64 Å². The largest absolute Gasteiger partial charge is 0.439 e. The van der Waals surface area contributed by atoms with Gasteiger partial charge in [-0.2, -0.15) is 5.10 Å². The summed E-state index contributed by atoms with van der Waals surface area (Å²) in [6, 6.07) is 7.92. The molecule has 0 saturated heterocycles. The third kappa shape index (κ3) is 2.70. The second kappa shape index (κ2) is 5.82. The minimum absolute atomic E-state index is 0.0877. The van der Waals surface area contributed by atoms with Gasteiger partial charge in [0.05, 0.1) is 17.0 Å². The van der Waals surface area contributed by atoms with E-state index < -0.39 is 0 Å². The van der Waals surface area contributed by atoms with Gasteiger partial charge in [-0.1, -0.05) is 32.9 Å². The molecule has 2 heterocycles. The quantitative estimate of drug-likeness (QED) is 0.781. The monoisotopic (exact) mass is 325 g/mol. The zero-order valence-electron chi connectivity index (χ0n) is 14.8. The predicted molar refractivity (Wildman–Crippen MR) is 95.9 cm³/mol. The second-order valence-corrected chi connectivity index (χ2v) is 6.93. The summed E-state index contributed by atoms with van der Waals surface area (Å²) in [6.07, 6.45) is 3.68. The first-order chi connectivity index (χ1) is 11.3. The molecule has 1 amide bonds. The van der Waals surface area contributed by atoms with E-state index in [1.165, 1.54) is 5.01 Å². The maximum atomic E-state index is 12.4. The molecule has 0 unspecified atom stereocenters. The molecule has 2 aliphatic rings. The molecule has 126 valence electrons. The van der Waals surface area contributed by atoms with Crippen molar-refractivity contribution >= 4 is 17.3 Å². The number of rotatable bonds is 2. The number of carbonyl (C=O) groups excluding carboxylic acids is 1. The molecule has 0 atom stereocenters. The number of hydrazone groups is 1. The molecule has 0 N–H and O–H groups in total. The third-order valence-electron chi connectivity index (χ3n) is 4.09. The Morgan fingerprint density at radius 3 is 2.58 bits per heavy atom. The fourth-order valence-corrected chi connectivity index (χ4v) is 2.89. The highest BCUT2D eigenvalue weighted by molar-refractivity contribution is 6.26. The van der Waals surface area contributed by atoms with E-state index in [1.54, 1.807) is 7.05 Å². The Morgan fingerprint density at radius 1 is 1.21 bits per heavy atom. The van der Waals surface area contributed by atoms with Crippen LogP contribution >= 0.6 is 0 Å². The van der Waals surface area contributed by atoms with Crippen LogP contribution in [0.1, 0.15) is 27.7 Å². The van der Waals surface area contributed by atoms with Crippen molar-refractivity contribution in [1.82, 2.24) is 5.01 Å². The maximum Gasteiger partial charge on any atom is 0.275 e. The molecule has 24 heavy (non-hydrogen) atoms. The van der Waals surface area contributed by atoms with Crippen molar-refractivity contribution in [2.45, 2.75) is 27.7 Å². The van der Waals surface area contributed by atoms with Crippen LogP contribution in [0.3, 0.4) is 0 Å². The number of ether oxygens (including phenoxy) is 1. The number of amides is 1. The van der Waals surface area contributed by atoms with Gasteiger partial charge in [0.15, 0.2) is 5.75 Å². The number of nitrogens with zero attached hydrogens (tertiary/aromatic N) is 3. The van der Waals surface area contributed by atoms with Crippen LogP contribution in [0, 0.1) is 5.41 Å². The first-order valence-corrected chi connectivity index (χ1v) is 8.17. The van der Waals surface area contributed by atoms with Gasteiger partial charge in [0, 0.05) is 19.0 Å². The number of allylic oxidation sites excluding steroid dienone is 2. The normalized spacial score (nSPS) is 20.7. The van der Waals surface area contributed by atoms with Crippen LogP contribution < -0.4 is 9.64 Å². The molecular formula is C19H23N3O2. The topological polar surface area (TPSA) is 45.1 Å².